The zero-order chi connectivity index (χ0) is 4.12. The lowest BCUT2D eigenvalue weighted by Crippen LogP contribution is -3.00. The van der Waals surface area contributed by atoms with Gasteiger partial charge in [0.05, 0.1) is 6.16 Å². The van der Waals surface area contributed by atoms with Crippen LogP contribution in [0, 0.1) is 0 Å². The van der Waals surface area contributed by atoms with E-state index in [1.54, 1.807) is 0 Å². The Morgan fingerprint density at radius 2 is 2.00 bits per heavy atom. The number of halogens is 1. The third kappa shape index (κ3) is 8.85. The van der Waals surface area contributed by atoms with Gasteiger partial charge in [-0.25, -0.2) is 0 Å². The Kier molecular flexibility index (Phi) is 15.5. The van der Waals surface area contributed by atoms with Gasteiger partial charge in [0, 0.05) is 13.0 Å². The van der Waals surface area contributed by atoms with E-state index in [0.717, 1.165) is 12.6 Å². The van der Waals surface area contributed by atoms with Gasteiger partial charge in [0.2, 0.25) is 0 Å². The van der Waals surface area contributed by atoms with Gasteiger partial charge in [0.15, 0.2) is 0 Å². The lowest BCUT2D eigenvalue weighted by molar-refractivity contribution is -0.00000211. The largest absolute Gasteiger partial charge is 1.00 e. The molecule has 0 aromatic heterocycles. The summed E-state index contributed by atoms with van der Waals surface area (Å²) in [5.41, 5.74) is 0. The van der Waals surface area contributed by atoms with Crippen molar-refractivity contribution in [2.75, 3.05) is 12.8 Å². The fourth-order valence-corrected chi connectivity index (χ4v) is 0.335. The molecule has 1 atom stereocenters. The maximum absolute atomic E-state index is 8.07. The van der Waals surface area contributed by atoms with Crippen LogP contribution in [0.5, 0.6) is 0 Å². The summed E-state index contributed by atoms with van der Waals surface area (Å²) >= 11 is 0. The maximum atomic E-state index is 8.07. The van der Waals surface area contributed by atoms with Crippen LogP contribution in [-0.2, 0) is 0 Å². The Morgan fingerprint density at radius 1 is 1.50 bits per heavy atom. The molecular formula is C3H10BrOP. The van der Waals surface area contributed by atoms with Crippen molar-refractivity contribution in [1.29, 1.82) is 0 Å². The summed E-state index contributed by atoms with van der Waals surface area (Å²) < 4.78 is 0. The monoisotopic (exact) mass is 172 g/mol. The number of hydrogen-bond donors (Lipinski definition) is 1. The molecule has 0 heterocycles. The zero-order valence-electron chi connectivity index (χ0n) is 3.65. The molecule has 6 heavy (non-hydrogen) atoms. The summed E-state index contributed by atoms with van der Waals surface area (Å²) in [6.45, 7) is 0.351. The standard InChI is InChI=1S/C3H9OP.BrH/c4-2-1-3-5;/h4H,1-3,5H2;1H. The Hall–Kier alpha value is 0.870. The lowest BCUT2D eigenvalue weighted by atomic mass is 10.5. The highest BCUT2D eigenvalue weighted by Crippen LogP contribution is 1.82. The summed E-state index contributed by atoms with van der Waals surface area (Å²) in [7, 11) is 1.89. The van der Waals surface area contributed by atoms with Crippen molar-refractivity contribution in [3.63, 3.8) is 0 Å². The van der Waals surface area contributed by atoms with Gasteiger partial charge < -0.3 is 22.1 Å². The fraction of sp³-hybridized carbons (Fsp3) is 1.00. The average Bonchev–Trinajstić information content (AvgIpc) is 1.41. The van der Waals surface area contributed by atoms with E-state index in [4.69, 9.17) is 5.11 Å². The van der Waals surface area contributed by atoms with Crippen LogP contribution in [0.15, 0.2) is 0 Å². The Labute approximate surface area is 51.1 Å². The van der Waals surface area contributed by atoms with Crippen molar-refractivity contribution >= 4 is 9.24 Å². The molecule has 0 radical (unpaired) electrons. The lowest BCUT2D eigenvalue weighted by Gasteiger charge is -1.75. The Morgan fingerprint density at radius 3 is 2.00 bits per heavy atom. The van der Waals surface area contributed by atoms with E-state index in [1.807, 2.05) is 9.24 Å². The highest BCUT2D eigenvalue weighted by molar-refractivity contribution is 7.16. The molecule has 0 aromatic carbocycles. The molecule has 0 aliphatic rings. The van der Waals surface area contributed by atoms with Crippen LogP contribution < -0.4 is 17.0 Å². The van der Waals surface area contributed by atoms with Crippen LogP contribution in [0.25, 0.3) is 0 Å². The van der Waals surface area contributed by atoms with Crippen LogP contribution in [0.3, 0.4) is 0 Å². The van der Waals surface area contributed by atoms with E-state index in [2.05, 4.69) is 0 Å². The topological polar surface area (TPSA) is 20.2 Å². The Bertz CT molecular complexity index is 18.3. The predicted molar refractivity (Wildman–Crippen MR) is 27.7 cm³/mol. The van der Waals surface area contributed by atoms with Crippen molar-refractivity contribution < 1.29 is 22.1 Å². The molecule has 0 saturated heterocycles. The van der Waals surface area contributed by atoms with Gasteiger partial charge in [-0.05, 0) is 9.24 Å². The molecule has 0 rings (SSSR count). The minimum Gasteiger partial charge on any atom is -1.00 e. The molecular weight excluding hydrogens is 163 g/mol. The van der Waals surface area contributed by atoms with E-state index in [-0.39, 0.29) is 17.0 Å². The van der Waals surface area contributed by atoms with Crippen molar-refractivity contribution in [2.24, 2.45) is 0 Å². The minimum absolute atomic E-state index is 0. The van der Waals surface area contributed by atoms with Crippen LogP contribution in [0.2, 0.25) is 0 Å². The quantitative estimate of drug-likeness (QED) is 0.440. The van der Waals surface area contributed by atoms with Crippen molar-refractivity contribution in [3.8, 4) is 0 Å². The minimum atomic E-state index is 0. The third-order valence-corrected chi connectivity index (χ3v) is 0.908. The highest BCUT2D eigenvalue weighted by atomic mass is 79.9. The third-order valence-electron chi connectivity index (χ3n) is 0.408. The van der Waals surface area contributed by atoms with E-state index < -0.39 is 0 Å². The molecule has 3 heteroatoms. The molecule has 0 bridgehead atoms. The van der Waals surface area contributed by atoms with E-state index in [0.29, 0.717) is 6.61 Å². The molecule has 1 nitrogen and oxygen atoms in total. The van der Waals surface area contributed by atoms with Gasteiger partial charge in [-0.15, -0.1) is 0 Å². The maximum Gasteiger partial charge on any atom is 0.0548 e. The number of aliphatic hydroxyl groups is 1. The summed E-state index contributed by atoms with van der Waals surface area (Å²) in [6.07, 6.45) is 2.08. The van der Waals surface area contributed by atoms with E-state index in [1.165, 1.54) is 0 Å². The number of rotatable bonds is 2. The first-order chi connectivity index (χ1) is 2.41. The number of hydrogen-bond acceptors (Lipinski definition) is 1. The molecule has 1 N–H and O–H groups in total. The molecule has 0 aromatic rings. The van der Waals surface area contributed by atoms with Crippen molar-refractivity contribution in [3.05, 3.63) is 0 Å². The normalized spacial score (nSPS) is 7.50. The van der Waals surface area contributed by atoms with Gasteiger partial charge >= 0.3 is 0 Å². The molecule has 0 aliphatic heterocycles. The molecule has 0 spiro atoms. The number of aliphatic hydroxyl groups excluding tert-OH is 1. The molecule has 0 fully saturated rings. The van der Waals surface area contributed by atoms with Gasteiger partial charge in [0.25, 0.3) is 0 Å². The smallest absolute Gasteiger partial charge is 0.0548 e. The second-order valence-corrected chi connectivity index (χ2v) is 1.64. The van der Waals surface area contributed by atoms with E-state index in [9.17, 15) is 0 Å². The highest BCUT2D eigenvalue weighted by Gasteiger charge is 1.73. The zero-order valence-corrected chi connectivity index (χ0v) is 6.65. The second-order valence-electron chi connectivity index (χ2n) is 0.931. The summed E-state index contributed by atoms with van der Waals surface area (Å²) in [5, 5.41) is 8.07. The van der Waals surface area contributed by atoms with Crippen molar-refractivity contribution in [1.82, 2.24) is 0 Å². The molecule has 0 amide bonds. The first-order valence-electron chi connectivity index (χ1n) is 1.82. The van der Waals surface area contributed by atoms with Crippen LogP contribution in [-0.4, -0.2) is 17.9 Å². The fourth-order valence-electron chi connectivity index (χ4n) is 0.112. The summed E-state index contributed by atoms with van der Waals surface area (Å²) in [6, 6.07) is 0. The first-order valence-corrected chi connectivity index (χ1v) is 2.82. The molecule has 40 valence electrons. The molecule has 1 unspecified atom stereocenters. The van der Waals surface area contributed by atoms with E-state index >= 15 is 0 Å². The predicted octanol–water partition coefficient (Wildman–Crippen LogP) is -3.02. The SMILES string of the molecule is OCCC[PH3+].[Br-]. The van der Waals surface area contributed by atoms with Crippen LogP contribution >= 0.6 is 9.24 Å². The molecule has 0 saturated carbocycles. The first kappa shape index (κ1) is 9.98. The van der Waals surface area contributed by atoms with Crippen LogP contribution in [0.4, 0.5) is 0 Å². The van der Waals surface area contributed by atoms with Crippen molar-refractivity contribution in [2.45, 2.75) is 6.42 Å². The summed E-state index contributed by atoms with van der Waals surface area (Å²) in [5.74, 6) is 0. The summed E-state index contributed by atoms with van der Waals surface area (Å²) in [4.78, 5) is 0. The average molecular weight is 173 g/mol. The Balaban J connectivity index is 0. The van der Waals surface area contributed by atoms with Gasteiger partial charge in [0.1, 0.15) is 0 Å². The van der Waals surface area contributed by atoms with Gasteiger partial charge in [-0.1, -0.05) is 0 Å². The second kappa shape index (κ2) is 9.30. The molecule has 0 aliphatic carbocycles. The van der Waals surface area contributed by atoms with Gasteiger partial charge in [-0.2, -0.15) is 0 Å². The van der Waals surface area contributed by atoms with Crippen LogP contribution in [0.1, 0.15) is 6.42 Å². The van der Waals surface area contributed by atoms with Gasteiger partial charge in [-0.3, -0.25) is 0 Å².